The van der Waals surface area contributed by atoms with Crippen LogP contribution in [0.5, 0.6) is 0 Å². The van der Waals surface area contributed by atoms with Crippen molar-refractivity contribution in [3.63, 3.8) is 0 Å². The molecule has 8 heteroatoms. The maximum absolute atomic E-state index is 12.9. The number of fused-ring (bicyclic) bond motifs is 1. The van der Waals surface area contributed by atoms with Gasteiger partial charge in [-0.25, -0.2) is 4.98 Å². The maximum atomic E-state index is 12.9. The largest absolute Gasteiger partial charge is 0.321 e. The highest BCUT2D eigenvalue weighted by Gasteiger charge is 2.22. The molecule has 0 saturated carbocycles. The van der Waals surface area contributed by atoms with E-state index in [0.717, 1.165) is 5.75 Å². The number of hydrogen-bond donors (Lipinski definition) is 1. The summed E-state index contributed by atoms with van der Waals surface area (Å²) in [5.41, 5.74) is 0.535. The van der Waals surface area contributed by atoms with Crippen LogP contribution in [-0.2, 0) is 6.54 Å². The predicted octanol–water partition coefficient (Wildman–Crippen LogP) is 3.49. The van der Waals surface area contributed by atoms with Crippen molar-refractivity contribution in [1.82, 2.24) is 9.55 Å². The first-order valence-corrected chi connectivity index (χ1v) is 9.84. The summed E-state index contributed by atoms with van der Waals surface area (Å²) < 4.78 is 1.48. The number of aromatic nitrogens is 2. The van der Waals surface area contributed by atoms with Gasteiger partial charge in [0, 0.05) is 34.6 Å². The van der Waals surface area contributed by atoms with E-state index < -0.39 is 11.5 Å². The molecule has 28 heavy (non-hydrogen) atoms. The topological polar surface area (TPSA) is 81.1 Å². The lowest BCUT2D eigenvalue weighted by Crippen LogP contribution is -2.29. The standard InChI is InChI=1S/C20H14ClN3O3S/c21-13-6-7-16(14(10-13)17(25)12-4-2-1-3-5-12)23-18(26)15-11-22-20-24(19(15)27)8-9-28-20/h1-7,10-11H,8-9H2,(H,23,26). The zero-order valence-corrected chi connectivity index (χ0v) is 16.1. The van der Waals surface area contributed by atoms with E-state index in [1.807, 2.05) is 6.07 Å². The molecular formula is C20H14ClN3O3S. The lowest BCUT2D eigenvalue weighted by atomic mass is 10.0. The van der Waals surface area contributed by atoms with Crippen molar-refractivity contribution in [1.29, 1.82) is 0 Å². The van der Waals surface area contributed by atoms with E-state index >= 15 is 0 Å². The third-order valence-electron chi connectivity index (χ3n) is 4.31. The molecule has 4 rings (SSSR count). The van der Waals surface area contributed by atoms with E-state index in [4.69, 9.17) is 11.6 Å². The van der Waals surface area contributed by atoms with Gasteiger partial charge < -0.3 is 5.32 Å². The van der Waals surface area contributed by atoms with Gasteiger partial charge in [-0.2, -0.15) is 0 Å². The number of rotatable bonds is 4. The summed E-state index contributed by atoms with van der Waals surface area (Å²) in [7, 11) is 0. The Balaban J connectivity index is 1.68. The fraction of sp³-hybridized carbons (Fsp3) is 0.100. The van der Waals surface area contributed by atoms with E-state index in [1.165, 1.54) is 28.6 Å². The van der Waals surface area contributed by atoms with Crippen molar-refractivity contribution in [3.8, 4) is 0 Å². The summed E-state index contributed by atoms with van der Waals surface area (Å²) in [6.07, 6.45) is 1.27. The van der Waals surface area contributed by atoms with Crippen LogP contribution >= 0.6 is 23.4 Å². The van der Waals surface area contributed by atoms with Gasteiger partial charge in [0.15, 0.2) is 10.9 Å². The molecule has 1 aromatic heterocycles. The number of hydrogen-bond acceptors (Lipinski definition) is 5. The Morgan fingerprint density at radius 2 is 1.89 bits per heavy atom. The highest BCUT2D eigenvalue weighted by molar-refractivity contribution is 7.99. The summed E-state index contributed by atoms with van der Waals surface area (Å²) in [6, 6.07) is 13.3. The third kappa shape index (κ3) is 3.46. The number of carbonyl (C=O) groups is 2. The molecule has 0 unspecified atom stereocenters. The molecule has 0 aliphatic carbocycles. The SMILES string of the molecule is O=C(c1ccccc1)c1cc(Cl)ccc1NC(=O)c1cnc2n(c1=O)CCS2. The van der Waals surface area contributed by atoms with Crippen molar-refractivity contribution < 1.29 is 9.59 Å². The van der Waals surface area contributed by atoms with Crippen LogP contribution in [0.15, 0.2) is 64.7 Å². The highest BCUT2D eigenvalue weighted by atomic mass is 35.5. The van der Waals surface area contributed by atoms with Crippen LogP contribution < -0.4 is 10.9 Å². The van der Waals surface area contributed by atoms with Crippen LogP contribution in [0.1, 0.15) is 26.3 Å². The Morgan fingerprint density at radius 3 is 2.68 bits per heavy atom. The van der Waals surface area contributed by atoms with Gasteiger partial charge in [-0.3, -0.25) is 19.0 Å². The van der Waals surface area contributed by atoms with Crippen molar-refractivity contribution in [2.45, 2.75) is 11.7 Å². The molecule has 0 spiro atoms. The van der Waals surface area contributed by atoms with Gasteiger partial charge >= 0.3 is 0 Å². The second-order valence-corrected chi connectivity index (χ2v) is 7.60. The van der Waals surface area contributed by atoms with Crippen molar-refractivity contribution >= 4 is 40.7 Å². The third-order valence-corrected chi connectivity index (χ3v) is 5.52. The molecule has 1 amide bonds. The van der Waals surface area contributed by atoms with E-state index in [-0.39, 0.29) is 22.6 Å². The van der Waals surface area contributed by atoms with Crippen LogP contribution in [0.2, 0.25) is 5.02 Å². The second-order valence-electron chi connectivity index (χ2n) is 6.10. The van der Waals surface area contributed by atoms with Crippen LogP contribution in [0, 0.1) is 0 Å². The summed E-state index contributed by atoms with van der Waals surface area (Å²) in [6.45, 7) is 0.519. The van der Waals surface area contributed by atoms with Gasteiger partial charge in [-0.1, -0.05) is 53.7 Å². The minimum Gasteiger partial charge on any atom is -0.321 e. The van der Waals surface area contributed by atoms with Crippen molar-refractivity contribution in [3.05, 3.63) is 86.8 Å². The Hall–Kier alpha value is -2.90. The molecule has 2 aromatic carbocycles. The number of carbonyl (C=O) groups excluding carboxylic acids is 2. The molecule has 1 N–H and O–H groups in total. The Labute approximate surface area is 169 Å². The number of nitrogens with one attached hydrogen (secondary N) is 1. The lowest BCUT2D eigenvalue weighted by Gasteiger charge is -2.11. The molecular weight excluding hydrogens is 398 g/mol. The number of benzene rings is 2. The number of anilines is 1. The average molecular weight is 412 g/mol. The Bertz CT molecular complexity index is 1150. The van der Waals surface area contributed by atoms with E-state index in [1.54, 1.807) is 36.4 Å². The van der Waals surface area contributed by atoms with Gasteiger partial charge in [0.2, 0.25) is 0 Å². The minimum absolute atomic E-state index is 0.0701. The minimum atomic E-state index is -0.617. The summed E-state index contributed by atoms with van der Waals surface area (Å²) in [5.74, 6) is -0.145. The predicted molar refractivity (Wildman–Crippen MR) is 109 cm³/mol. The van der Waals surface area contributed by atoms with Crippen molar-refractivity contribution in [2.24, 2.45) is 0 Å². The number of thioether (sulfide) groups is 1. The van der Waals surface area contributed by atoms with Crippen molar-refractivity contribution in [2.75, 3.05) is 11.1 Å². The highest BCUT2D eigenvalue weighted by Crippen LogP contribution is 2.25. The molecule has 0 fully saturated rings. The smallest absolute Gasteiger partial charge is 0.267 e. The Kier molecular flexibility index (Phi) is 5.02. The number of amides is 1. The van der Waals surface area contributed by atoms with Gasteiger partial charge in [0.25, 0.3) is 11.5 Å². The van der Waals surface area contributed by atoms with E-state index in [9.17, 15) is 14.4 Å². The van der Waals surface area contributed by atoms with Crippen LogP contribution in [-0.4, -0.2) is 27.0 Å². The van der Waals surface area contributed by atoms with Gasteiger partial charge in [-0.05, 0) is 18.2 Å². The van der Waals surface area contributed by atoms with Crippen LogP contribution in [0.3, 0.4) is 0 Å². The summed E-state index contributed by atoms with van der Waals surface area (Å²) >= 11 is 7.53. The molecule has 0 saturated heterocycles. The first-order valence-electron chi connectivity index (χ1n) is 8.48. The molecule has 0 atom stereocenters. The monoisotopic (exact) mass is 411 g/mol. The fourth-order valence-corrected chi connectivity index (χ4v) is 4.01. The first kappa shape index (κ1) is 18.5. The molecule has 2 heterocycles. The first-order chi connectivity index (χ1) is 13.5. The second kappa shape index (κ2) is 7.61. The molecule has 1 aliphatic rings. The van der Waals surface area contributed by atoms with Gasteiger partial charge in [-0.15, -0.1) is 0 Å². The zero-order chi connectivity index (χ0) is 19.7. The average Bonchev–Trinajstić information content (AvgIpc) is 3.19. The summed E-state index contributed by atoms with van der Waals surface area (Å²) in [4.78, 5) is 42.3. The van der Waals surface area contributed by atoms with Crippen LogP contribution in [0.4, 0.5) is 5.69 Å². The number of halogens is 1. The molecule has 140 valence electrons. The van der Waals surface area contributed by atoms with Crippen LogP contribution in [0.25, 0.3) is 0 Å². The zero-order valence-electron chi connectivity index (χ0n) is 14.5. The van der Waals surface area contributed by atoms with E-state index in [2.05, 4.69) is 10.3 Å². The maximum Gasteiger partial charge on any atom is 0.267 e. The summed E-state index contributed by atoms with van der Waals surface area (Å²) in [5, 5.41) is 3.63. The number of ketones is 1. The molecule has 3 aromatic rings. The quantitative estimate of drug-likeness (QED) is 0.525. The Morgan fingerprint density at radius 1 is 1.11 bits per heavy atom. The number of nitrogens with zero attached hydrogens (tertiary/aromatic N) is 2. The molecule has 0 radical (unpaired) electrons. The van der Waals surface area contributed by atoms with Gasteiger partial charge in [0.1, 0.15) is 5.56 Å². The molecule has 0 bridgehead atoms. The van der Waals surface area contributed by atoms with Gasteiger partial charge in [0.05, 0.1) is 5.69 Å². The lowest BCUT2D eigenvalue weighted by molar-refractivity contribution is 0.102. The normalized spacial score (nSPS) is 12.5. The fourth-order valence-electron chi connectivity index (χ4n) is 2.92. The molecule has 1 aliphatic heterocycles. The van der Waals surface area contributed by atoms with E-state index in [0.29, 0.717) is 22.3 Å². The molecule has 6 nitrogen and oxygen atoms in total.